The monoisotopic (exact) mass is 634 g/mol. The lowest BCUT2D eigenvalue weighted by Gasteiger charge is -2.27. The fraction of sp³-hybridized carbons (Fsp3) is 0.406. The van der Waals surface area contributed by atoms with Crippen molar-refractivity contribution in [2.24, 2.45) is 0 Å². The minimum Gasteiger partial charge on any atom is -0.489 e. The van der Waals surface area contributed by atoms with Gasteiger partial charge < -0.3 is 24.8 Å². The number of nitrogens with zero attached hydrogens (tertiary/aromatic N) is 1. The van der Waals surface area contributed by atoms with Gasteiger partial charge in [0.25, 0.3) is 5.91 Å². The maximum atomic E-state index is 13.0. The van der Waals surface area contributed by atoms with Crippen LogP contribution in [0.15, 0.2) is 77.7 Å². The molecule has 1 aliphatic rings. The highest BCUT2D eigenvalue weighted by Gasteiger charge is 2.35. The minimum atomic E-state index is -4.42. The van der Waals surface area contributed by atoms with E-state index in [0.29, 0.717) is 36.4 Å². The van der Waals surface area contributed by atoms with Crippen LogP contribution in [-0.4, -0.2) is 63.2 Å². The summed E-state index contributed by atoms with van der Waals surface area (Å²) in [6.45, 7) is 5.94. The average Bonchev–Trinajstić information content (AvgIpc) is 3.41. The number of hydrogen-bond donors (Lipinski definition) is 2. The van der Waals surface area contributed by atoms with E-state index in [1.165, 1.54) is 24.3 Å². The van der Waals surface area contributed by atoms with Crippen molar-refractivity contribution >= 4 is 21.4 Å². The first-order valence-electron chi connectivity index (χ1n) is 14.4. The molecule has 44 heavy (non-hydrogen) atoms. The van der Waals surface area contributed by atoms with Crippen LogP contribution in [-0.2, 0) is 20.8 Å². The zero-order chi connectivity index (χ0) is 32.1. The molecule has 1 fully saturated rings. The molecular formula is C32H37F3N2O6S. The molecule has 0 aromatic heterocycles. The number of sulfone groups is 1. The summed E-state index contributed by atoms with van der Waals surface area (Å²) in [7, 11) is -3.37. The molecule has 0 spiro atoms. The Morgan fingerprint density at radius 3 is 2.20 bits per heavy atom. The molecule has 0 radical (unpaired) electrons. The van der Waals surface area contributed by atoms with E-state index in [1.807, 2.05) is 13.8 Å². The molecule has 3 atom stereocenters. The number of carbonyl (C=O) groups is 1. The second-order valence-electron chi connectivity index (χ2n) is 10.9. The average molecular weight is 635 g/mol. The number of amides is 1. The number of aliphatic hydroxyl groups excluding tert-OH is 1. The van der Waals surface area contributed by atoms with Crippen molar-refractivity contribution in [3.05, 3.63) is 89.5 Å². The largest absolute Gasteiger partial charge is 0.489 e. The van der Waals surface area contributed by atoms with E-state index in [4.69, 9.17) is 9.47 Å². The van der Waals surface area contributed by atoms with Crippen LogP contribution in [0.25, 0.3) is 0 Å². The number of ether oxygens (including phenoxy) is 2. The molecule has 12 heteroatoms. The smallest absolute Gasteiger partial charge is 0.416 e. The lowest BCUT2D eigenvalue weighted by molar-refractivity contribution is -0.137. The third kappa shape index (κ3) is 8.30. The van der Waals surface area contributed by atoms with Crippen LogP contribution in [0.4, 0.5) is 18.9 Å². The number of anilines is 1. The first-order valence-corrected chi connectivity index (χ1v) is 16.0. The van der Waals surface area contributed by atoms with Gasteiger partial charge in [-0.3, -0.25) is 4.79 Å². The summed E-state index contributed by atoms with van der Waals surface area (Å²) in [6, 6.07) is 16.8. The molecule has 3 aromatic carbocycles. The highest BCUT2D eigenvalue weighted by atomic mass is 32.2. The Bertz CT molecular complexity index is 1490. The van der Waals surface area contributed by atoms with Gasteiger partial charge in [0.15, 0.2) is 9.84 Å². The summed E-state index contributed by atoms with van der Waals surface area (Å²) in [5.41, 5.74) is 1.01. The van der Waals surface area contributed by atoms with Crippen LogP contribution >= 0.6 is 0 Å². The topological polar surface area (TPSA) is 105 Å². The zero-order valence-corrected chi connectivity index (χ0v) is 25.6. The SMILES string of the molecule is CCS(=O)(=O)c1ccc([C@H](CO)NC(=O)c2ccc(N3CC(Oc4ccc(C(F)(F)F)cc4)C[C@H]3COC(C)C)cc2)cc1. The number of halogens is 3. The Morgan fingerprint density at radius 2 is 1.66 bits per heavy atom. The first-order chi connectivity index (χ1) is 20.8. The molecule has 0 aliphatic carbocycles. The molecular weight excluding hydrogens is 597 g/mol. The van der Waals surface area contributed by atoms with Crippen molar-refractivity contribution in [1.82, 2.24) is 5.32 Å². The molecule has 4 rings (SSSR count). The number of benzene rings is 3. The number of aliphatic hydroxyl groups is 1. The molecule has 1 aliphatic heterocycles. The van der Waals surface area contributed by atoms with Crippen molar-refractivity contribution in [3.63, 3.8) is 0 Å². The summed E-state index contributed by atoms with van der Waals surface area (Å²) >= 11 is 0. The maximum absolute atomic E-state index is 13.0. The number of rotatable bonds is 12. The van der Waals surface area contributed by atoms with Gasteiger partial charge in [-0.25, -0.2) is 8.42 Å². The third-order valence-electron chi connectivity index (χ3n) is 7.45. The van der Waals surface area contributed by atoms with Crippen molar-refractivity contribution in [2.75, 3.05) is 30.4 Å². The van der Waals surface area contributed by atoms with Crippen LogP contribution in [0.5, 0.6) is 5.75 Å². The van der Waals surface area contributed by atoms with Crippen LogP contribution in [0, 0.1) is 0 Å². The summed E-state index contributed by atoms with van der Waals surface area (Å²) in [5.74, 6) is -0.0934. The zero-order valence-electron chi connectivity index (χ0n) is 24.8. The minimum absolute atomic E-state index is 0.00419. The van der Waals surface area contributed by atoms with Crippen molar-refractivity contribution in [3.8, 4) is 5.75 Å². The van der Waals surface area contributed by atoms with E-state index in [2.05, 4.69) is 10.2 Å². The van der Waals surface area contributed by atoms with Gasteiger partial charge in [-0.15, -0.1) is 0 Å². The van der Waals surface area contributed by atoms with Gasteiger partial charge in [0.1, 0.15) is 11.9 Å². The van der Waals surface area contributed by atoms with E-state index >= 15 is 0 Å². The Kier molecular flexibility index (Phi) is 10.6. The fourth-order valence-electron chi connectivity index (χ4n) is 5.01. The summed E-state index contributed by atoms with van der Waals surface area (Å²) in [6.07, 6.45) is -4.12. The standard InChI is InChI=1S/C32H37F3N2O6S/c1-4-44(40,41)29-15-7-22(8-16-29)30(19-38)36-31(39)23-5-11-25(12-6-23)37-18-28(17-26(37)20-42-21(2)3)43-27-13-9-24(10-14-27)32(33,34)35/h5-16,21,26,28,30,38H,4,17-20H2,1-3H3,(H,36,39)/t26-,28?,30-/m0/s1. The second kappa shape index (κ2) is 14.0. The van der Waals surface area contributed by atoms with Crippen LogP contribution in [0.1, 0.15) is 54.7 Å². The molecule has 8 nitrogen and oxygen atoms in total. The van der Waals surface area contributed by atoms with Gasteiger partial charge in [-0.1, -0.05) is 19.1 Å². The number of nitrogens with one attached hydrogen (secondary N) is 1. The van der Waals surface area contributed by atoms with Gasteiger partial charge in [0, 0.05) is 17.7 Å². The van der Waals surface area contributed by atoms with Crippen LogP contribution in [0.2, 0.25) is 0 Å². The first kappa shape index (κ1) is 33.3. The quantitative estimate of drug-likeness (QED) is 0.275. The number of hydrogen-bond acceptors (Lipinski definition) is 7. The lowest BCUT2D eigenvalue weighted by atomic mass is 10.1. The highest BCUT2D eigenvalue weighted by Crippen LogP contribution is 2.32. The van der Waals surface area contributed by atoms with E-state index in [1.54, 1.807) is 43.3 Å². The molecule has 1 amide bonds. The molecule has 1 heterocycles. The normalized spacial score (nSPS) is 18.0. The Balaban J connectivity index is 1.44. The summed E-state index contributed by atoms with van der Waals surface area (Å²) in [5, 5.41) is 12.7. The molecule has 238 valence electrons. The van der Waals surface area contributed by atoms with E-state index in [9.17, 15) is 31.5 Å². The maximum Gasteiger partial charge on any atom is 0.416 e. The lowest BCUT2D eigenvalue weighted by Crippen LogP contribution is -2.34. The fourth-order valence-corrected chi connectivity index (χ4v) is 5.89. The van der Waals surface area contributed by atoms with Gasteiger partial charge in [0.2, 0.25) is 0 Å². The molecule has 1 saturated heterocycles. The molecule has 0 bridgehead atoms. The van der Waals surface area contributed by atoms with Gasteiger partial charge in [-0.2, -0.15) is 13.2 Å². The van der Waals surface area contributed by atoms with Gasteiger partial charge in [-0.05, 0) is 80.1 Å². The molecule has 2 N–H and O–H groups in total. The Labute approximate surface area is 255 Å². The van der Waals surface area contributed by atoms with Crippen LogP contribution in [0.3, 0.4) is 0 Å². The third-order valence-corrected chi connectivity index (χ3v) is 9.20. The van der Waals surface area contributed by atoms with Gasteiger partial charge in [0.05, 0.1) is 54.2 Å². The predicted octanol–water partition coefficient (Wildman–Crippen LogP) is 5.41. The molecule has 3 aromatic rings. The van der Waals surface area contributed by atoms with Crippen molar-refractivity contribution in [2.45, 2.75) is 62.6 Å². The van der Waals surface area contributed by atoms with Crippen LogP contribution < -0.4 is 15.0 Å². The predicted molar refractivity (Wildman–Crippen MR) is 161 cm³/mol. The van der Waals surface area contributed by atoms with E-state index in [-0.39, 0.29) is 35.5 Å². The Morgan fingerprint density at radius 1 is 1.02 bits per heavy atom. The van der Waals surface area contributed by atoms with E-state index in [0.717, 1.165) is 17.8 Å². The summed E-state index contributed by atoms with van der Waals surface area (Å²) < 4.78 is 74.9. The van der Waals surface area contributed by atoms with E-state index < -0.39 is 33.5 Å². The highest BCUT2D eigenvalue weighted by molar-refractivity contribution is 7.91. The molecule has 0 saturated carbocycles. The van der Waals surface area contributed by atoms with Crippen molar-refractivity contribution in [1.29, 1.82) is 0 Å². The number of carbonyl (C=O) groups excluding carboxylic acids is 1. The number of alkyl halides is 3. The molecule has 1 unspecified atom stereocenters. The summed E-state index contributed by atoms with van der Waals surface area (Å²) in [4.78, 5) is 15.3. The van der Waals surface area contributed by atoms with Crippen molar-refractivity contribution < 1.29 is 41.0 Å². The van der Waals surface area contributed by atoms with Gasteiger partial charge >= 0.3 is 6.18 Å². The second-order valence-corrected chi connectivity index (χ2v) is 13.2. The Hall–Kier alpha value is -3.61.